The molecular formula is C112H133N7. The van der Waals surface area contributed by atoms with Crippen molar-refractivity contribution in [3.8, 4) is 77.9 Å². The number of benzene rings is 7. The van der Waals surface area contributed by atoms with Crippen molar-refractivity contribution in [1.29, 1.82) is 0 Å². The van der Waals surface area contributed by atoms with Crippen LogP contribution in [0.4, 0.5) is 0 Å². The van der Waals surface area contributed by atoms with E-state index in [-0.39, 0.29) is 0 Å². The molecule has 0 N–H and O–H groups in total. The van der Waals surface area contributed by atoms with E-state index in [9.17, 15) is 0 Å². The fourth-order valence-electron chi connectivity index (χ4n) is 16.5. The maximum absolute atomic E-state index is 4.53. The molecule has 7 heterocycles. The maximum atomic E-state index is 4.53. The quantitative estimate of drug-likeness (QED) is 0.149. The van der Waals surface area contributed by atoms with Crippen LogP contribution in [0.5, 0.6) is 0 Å². The van der Waals surface area contributed by atoms with Gasteiger partial charge in [-0.1, -0.05) is 218 Å². The van der Waals surface area contributed by atoms with Gasteiger partial charge in [0.15, 0.2) is 0 Å². The summed E-state index contributed by atoms with van der Waals surface area (Å²) >= 11 is 0. The van der Waals surface area contributed by atoms with Crippen LogP contribution >= 0.6 is 0 Å². The standard InChI is InChI=1S/7C14H13N.7C2H6/c1-9-5-11-7-12-8-15-4-3-13(12)14(11)6-10(9)2;1-9-3-4-12-7-11-5-6-15-8-13(11)14(12)10(9)2;1-9-3-4-11-7-12-8-15-6-5-13(12)14(11)10(9)2;1-9-5-6-11-8-13-12(4-3-7-15-13)14(11)10(9)2;1-9-6-11-8-14-12(4-3-5-15-14)13(11)7-10(9)2;1-9-10(2)15-8-12-7-11-5-3-4-6-13(11)14(9)12;1-9-8-15-13-7-11-5-3-4-6-12(11)14(13)10(9)2;7*1-2/h3*3-6,8H,7H2,1-2H3;2*3-7H,8H2,1-2H3;2*3-6,8H,7H2,1-2H3;7*1-2H3. The van der Waals surface area contributed by atoms with Crippen LogP contribution in [-0.2, 0) is 44.9 Å². The highest BCUT2D eigenvalue weighted by atomic mass is 14.7. The molecule has 7 nitrogen and oxygen atoms in total. The van der Waals surface area contributed by atoms with Crippen LogP contribution in [0.25, 0.3) is 77.9 Å². The van der Waals surface area contributed by atoms with E-state index in [1.807, 2.05) is 171 Å². The normalized spacial score (nSPS) is 11.3. The third-order valence-electron chi connectivity index (χ3n) is 23.3. The van der Waals surface area contributed by atoms with Crippen LogP contribution in [0, 0.1) is 96.9 Å². The molecule has 0 spiro atoms. The molecule has 0 amide bonds. The predicted octanol–water partition coefficient (Wildman–Crippen LogP) is 30.1. The molecule has 14 aromatic rings. The fraction of sp³-hybridized carbons (Fsp3) is 0.312. The van der Waals surface area contributed by atoms with Gasteiger partial charge in [-0.05, 0) is 323 Å². The molecule has 7 aromatic heterocycles. The summed E-state index contributed by atoms with van der Waals surface area (Å²) in [6, 6.07) is 54.6. The lowest BCUT2D eigenvalue weighted by Crippen LogP contribution is -1.92. The van der Waals surface area contributed by atoms with Crippen molar-refractivity contribution in [2.24, 2.45) is 0 Å². The molecule has 0 bridgehead atoms. The Morgan fingerprint density at radius 1 is 0.185 bits per heavy atom. The Kier molecular flexibility index (Phi) is 34.7. The van der Waals surface area contributed by atoms with Crippen molar-refractivity contribution in [1.82, 2.24) is 34.9 Å². The molecule has 7 aliphatic carbocycles. The van der Waals surface area contributed by atoms with Crippen LogP contribution in [0.2, 0.25) is 0 Å². The van der Waals surface area contributed by atoms with Crippen LogP contribution in [-0.4, -0.2) is 34.9 Å². The molecule has 7 aliphatic rings. The Morgan fingerprint density at radius 3 is 1.12 bits per heavy atom. The lowest BCUT2D eigenvalue weighted by molar-refractivity contribution is 1.09. The number of hydrogen-bond acceptors (Lipinski definition) is 7. The Balaban J connectivity index is 0.000000169. The van der Waals surface area contributed by atoms with Gasteiger partial charge in [-0.3, -0.25) is 34.9 Å². The topological polar surface area (TPSA) is 90.2 Å². The van der Waals surface area contributed by atoms with Gasteiger partial charge >= 0.3 is 0 Å². The first-order valence-corrected chi connectivity index (χ1v) is 44.1. The van der Waals surface area contributed by atoms with E-state index in [0.717, 1.165) is 50.6 Å². The summed E-state index contributed by atoms with van der Waals surface area (Å²) in [5.74, 6) is 0. The first-order valence-electron chi connectivity index (χ1n) is 44.1. The van der Waals surface area contributed by atoms with Crippen molar-refractivity contribution >= 4 is 0 Å². The smallest absolute Gasteiger partial charge is 0.0528 e. The van der Waals surface area contributed by atoms with Gasteiger partial charge in [0.2, 0.25) is 0 Å². The van der Waals surface area contributed by atoms with Crippen molar-refractivity contribution in [3.63, 3.8) is 0 Å². The predicted molar refractivity (Wildman–Crippen MR) is 513 cm³/mol. The zero-order valence-corrected chi connectivity index (χ0v) is 77.3. The molecule has 0 atom stereocenters. The SMILES string of the molecule is CC.CC.CC.CC.CC.CC.CC.Cc1cc2c(cc1C)-c1cccnc1C2.Cc1cc2c(cc1C)-c1ccncc1C2.Cc1ccc2c(c1C)-c1cccnc1C2.Cc1ccc2c(c1C)-c1ccncc1C2.Cc1ccc2c(c1C)-c1cnccc1C2.Cc1cnc2c(c1C)-c1ccccc1C2.Cc1ncc2c(c1C)-c1ccccc1C2. The fourth-order valence-corrected chi connectivity index (χ4v) is 16.5. The number of aryl methyl sites for hydroxylation is 9. The minimum absolute atomic E-state index is 0.993. The summed E-state index contributed by atoms with van der Waals surface area (Å²) in [6.07, 6.45) is 26.6. The number of hydrogen-bond donors (Lipinski definition) is 0. The average Bonchev–Trinajstić information content (AvgIpc) is 1.57. The van der Waals surface area contributed by atoms with Crippen LogP contribution in [0.15, 0.2) is 214 Å². The third kappa shape index (κ3) is 20.5. The minimum Gasteiger partial charge on any atom is -0.264 e. The van der Waals surface area contributed by atoms with Gasteiger partial charge in [-0.15, -0.1) is 0 Å². The highest BCUT2D eigenvalue weighted by molar-refractivity contribution is 5.84. The Morgan fingerprint density at radius 2 is 0.546 bits per heavy atom. The van der Waals surface area contributed by atoms with Gasteiger partial charge in [-0.2, -0.15) is 0 Å². The summed E-state index contributed by atoms with van der Waals surface area (Å²) in [5, 5.41) is 0. The molecule has 0 saturated heterocycles. The van der Waals surface area contributed by atoms with Crippen molar-refractivity contribution in [3.05, 3.63) is 370 Å². The van der Waals surface area contributed by atoms with E-state index in [2.05, 4.69) is 271 Å². The van der Waals surface area contributed by atoms with E-state index in [1.165, 1.54) is 228 Å². The molecule has 0 radical (unpaired) electrons. The summed E-state index contributed by atoms with van der Waals surface area (Å²) in [4.78, 5) is 30.4. The Bertz CT molecular complexity index is 5090. The minimum atomic E-state index is 0.993. The second-order valence-corrected chi connectivity index (χ2v) is 29.7. The van der Waals surface area contributed by atoms with Gasteiger partial charge < -0.3 is 0 Å². The van der Waals surface area contributed by atoms with Gasteiger partial charge in [-0.25, -0.2) is 0 Å². The third-order valence-corrected chi connectivity index (χ3v) is 23.3. The summed E-state index contributed by atoms with van der Waals surface area (Å²) < 4.78 is 0. The second kappa shape index (κ2) is 44.4. The molecule has 0 unspecified atom stereocenters. The van der Waals surface area contributed by atoms with Crippen molar-refractivity contribution in [2.45, 2.75) is 239 Å². The summed E-state index contributed by atoms with van der Waals surface area (Å²) in [7, 11) is 0. The molecule has 7 heteroatoms. The maximum Gasteiger partial charge on any atom is 0.0528 e. The van der Waals surface area contributed by atoms with E-state index in [4.69, 9.17) is 0 Å². The number of fused-ring (bicyclic) bond motifs is 21. The molecule has 616 valence electrons. The monoisotopic (exact) mass is 1580 g/mol. The molecule has 0 aliphatic heterocycles. The van der Waals surface area contributed by atoms with Crippen LogP contribution in [0.1, 0.15) is 253 Å². The van der Waals surface area contributed by atoms with Crippen molar-refractivity contribution in [2.75, 3.05) is 0 Å². The largest absolute Gasteiger partial charge is 0.264 e. The van der Waals surface area contributed by atoms with Crippen LogP contribution in [0.3, 0.4) is 0 Å². The summed E-state index contributed by atoms with van der Waals surface area (Å²) in [5.41, 5.74) is 57.5. The lowest BCUT2D eigenvalue weighted by atomic mass is 9.97. The van der Waals surface area contributed by atoms with E-state index < -0.39 is 0 Å². The second-order valence-electron chi connectivity index (χ2n) is 29.7. The molecule has 21 rings (SSSR count). The first kappa shape index (κ1) is 93.1. The summed E-state index contributed by atoms with van der Waals surface area (Å²) in [6.45, 7) is 58.4. The number of aromatic nitrogens is 7. The van der Waals surface area contributed by atoms with Gasteiger partial charge in [0.25, 0.3) is 0 Å². The zero-order valence-electron chi connectivity index (χ0n) is 77.3. The van der Waals surface area contributed by atoms with E-state index in [0.29, 0.717) is 0 Å². The zero-order chi connectivity index (χ0) is 86.9. The van der Waals surface area contributed by atoms with E-state index >= 15 is 0 Å². The van der Waals surface area contributed by atoms with Gasteiger partial charge in [0.1, 0.15) is 0 Å². The molecule has 7 aromatic carbocycles. The molecule has 0 saturated carbocycles. The number of pyridine rings is 7. The highest BCUT2D eigenvalue weighted by Gasteiger charge is 2.27. The number of nitrogens with zero attached hydrogens (tertiary/aromatic N) is 7. The molecule has 119 heavy (non-hydrogen) atoms. The highest BCUT2D eigenvalue weighted by Crippen LogP contribution is 2.45. The Labute approximate surface area is 717 Å². The van der Waals surface area contributed by atoms with Gasteiger partial charge in [0.05, 0.1) is 17.1 Å². The average molecular weight is 1580 g/mol. The van der Waals surface area contributed by atoms with Crippen LogP contribution < -0.4 is 0 Å². The number of rotatable bonds is 0. The molecular weight excluding hydrogens is 1440 g/mol. The van der Waals surface area contributed by atoms with Crippen molar-refractivity contribution < 1.29 is 0 Å². The molecule has 0 fully saturated rings. The Hall–Kier alpha value is -11.4. The lowest BCUT2D eigenvalue weighted by Gasteiger charge is -2.08. The first-order chi connectivity index (χ1) is 57.9. The van der Waals surface area contributed by atoms with Gasteiger partial charge in [0, 0.05) is 128 Å². The van der Waals surface area contributed by atoms with E-state index in [1.54, 1.807) is 0 Å².